The van der Waals surface area contributed by atoms with Crippen LogP contribution in [-0.2, 0) is 9.59 Å². The second kappa shape index (κ2) is 3.03. The van der Waals surface area contributed by atoms with E-state index in [9.17, 15) is 9.59 Å². The molecule has 1 N–H and O–H groups in total. The number of carbonyl (C=O) groups is 2. The first-order valence-corrected chi connectivity index (χ1v) is 6.47. The summed E-state index contributed by atoms with van der Waals surface area (Å²) in [6, 6.07) is 0.263. The van der Waals surface area contributed by atoms with Crippen molar-refractivity contribution in [2.45, 2.75) is 51.6 Å². The van der Waals surface area contributed by atoms with Gasteiger partial charge in [0.25, 0.3) is 0 Å². The highest BCUT2D eigenvalue weighted by Crippen LogP contribution is 2.51. The fraction of sp³-hybridized carbons (Fsp3) is 0.846. The third kappa shape index (κ3) is 1.57. The van der Waals surface area contributed by atoms with Gasteiger partial charge < -0.3 is 10.2 Å². The Labute approximate surface area is 102 Å². The normalized spacial score (nSPS) is 40.2. The van der Waals surface area contributed by atoms with Crippen molar-refractivity contribution in [2.24, 2.45) is 11.3 Å². The Hall–Kier alpha value is -1.06. The number of piperazine rings is 1. The SMILES string of the molecule is CC1(C)CC1N1CC(=O)NC(C)(C2CC2)C1=O. The first kappa shape index (κ1) is 11.1. The number of carbonyl (C=O) groups excluding carboxylic acids is 2. The van der Waals surface area contributed by atoms with E-state index in [1.165, 1.54) is 0 Å². The lowest BCUT2D eigenvalue weighted by Gasteiger charge is -2.41. The zero-order chi connectivity index (χ0) is 12.4. The number of nitrogens with one attached hydrogen (secondary N) is 1. The molecule has 4 heteroatoms. The highest BCUT2D eigenvalue weighted by molar-refractivity contribution is 5.98. The highest BCUT2D eigenvalue weighted by Gasteiger charge is 2.59. The van der Waals surface area contributed by atoms with Crippen molar-refractivity contribution in [3.63, 3.8) is 0 Å². The van der Waals surface area contributed by atoms with Crippen LogP contribution in [0.4, 0.5) is 0 Å². The molecule has 17 heavy (non-hydrogen) atoms. The third-order valence-corrected chi connectivity index (χ3v) is 4.65. The lowest BCUT2D eigenvalue weighted by molar-refractivity contribution is -0.151. The molecule has 0 aromatic rings. The van der Waals surface area contributed by atoms with E-state index in [1.807, 2.05) is 11.8 Å². The van der Waals surface area contributed by atoms with Gasteiger partial charge in [0, 0.05) is 6.04 Å². The summed E-state index contributed by atoms with van der Waals surface area (Å²) in [6.45, 7) is 6.46. The van der Waals surface area contributed by atoms with Gasteiger partial charge in [0.2, 0.25) is 11.8 Å². The van der Waals surface area contributed by atoms with Crippen molar-refractivity contribution in [1.29, 1.82) is 0 Å². The van der Waals surface area contributed by atoms with Gasteiger partial charge in [0.1, 0.15) is 5.54 Å². The minimum absolute atomic E-state index is 0.00157. The largest absolute Gasteiger partial charge is 0.340 e. The van der Waals surface area contributed by atoms with Crippen molar-refractivity contribution in [1.82, 2.24) is 10.2 Å². The Morgan fingerprint density at radius 2 is 1.82 bits per heavy atom. The smallest absolute Gasteiger partial charge is 0.249 e. The summed E-state index contributed by atoms with van der Waals surface area (Å²) in [6.07, 6.45) is 3.14. The fourth-order valence-electron chi connectivity index (χ4n) is 3.07. The summed E-state index contributed by atoms with van der Waals surface area (Å²) in [5, 5.41) is 2.91. The van der Waals surface area contributed by atoms with Crippen LogP contribution in [0.3, 0.4) is 0 Å². The predicted molar refractivity (Wildman–Crippen MR) is 63.2 cm³/mol. The fourth-order valence-corrected chi connectivity index (χ4v) is 3.07. The second-order valence-corrected chi connectivity index (χ2v) is 6.67. The van der Waals surface area contributed by atoms with Gasteiger partial charge in [-0.05, 0) is 37.5 Å². The zero-order valence-corrected chi connectivity index (χ0v) is 10.7. The Kier molecular flexibility index (Phi) is 1.97. The van der Waals surface area contributed by atoms with Crippen LogP contribution >= 0.6 is 0 Å². The van der Waals surface area contributed by atoms with E-state index < -0.39 is 5.54 Å². The molecule has 0 aromatic carbocycles. The van der Waals surface area contributed by atoms with Gasteiger partial charge in [-0.2, -0.15) is 0 Å². The van der Waals surface area contributed by atoms with Crippen LogP contribution in [0.5, 0.6) is 0 Å². The Balaban J connectivity index is 1.85. The Morgan fingerprint density at radius 3 is 2.29 bits per heavy atom. The van der Waals surface area contributed by atoms with Crippen LogP contribution in [0.15, 0.2) is 0 Å². The summed E-state index contributed by atoms with van der Waals surface area (Å²) in [5.74, 6) is 0.487. The van der Waals surface area contributed by atoms with Gasteiger partial charge in [-0.15, -0.1) is 0 Å². The van der Waals surface area contributed by atoms with E-state index in [2.05, 4.69) is 19.2 Å². The summed E-state index contributed by atoms with van der Waals surface area (Å²) in [4.78, 5) is 26.2. The molecule has 3 fully saturated rings. The van der Waals surface area contributed by atoms with Crippen molar-refractivity contribution in [3.05, 3.63) is 0 Å². The van der Waals surface area contributed by atoms with Crippen molar-refractivity contribution >= 4 is 11.8 Å². The van der Waals surface area contributed by atoms with Gasteiger partial charge in [-0.25, -0.2) is 0 Å². The highest BCUT2D eigenvalue weighted by atomic mass is 16.2. The molecule has 0 aromatic heterocycles. The van der Waals surface area contributed by atoms with E-state index in [0.717, 1.165) is 19.3 Å². The molecule has 2 atom stereocenters. The summed E-state index contributed by atoms with van der Waals surface area (Å²) in [5.41, 5.74) is -0.439. The Morgan fingerprint density at radius 1 is 1.24 bits per heavy atom. The van der Waals surface area contributed by atoms with Crippen molar-refractivity contribution < 1.29 is 9.59 Å². The van der Waals surface area contributed by atoms with E-state index in [1.54, 1.807) is 0 Å². The molecule has 0 radical (unpaired) electrons. The molecule has 2 unspecified atom stereocenters. The standard InChI is InChI=1S/C13H20N2O2/c1-12(2)6-9(12)15-7-10(16)14-13(3,11(15)17)8-4-5-8/h8-9H,4-7H2,1-3H3,(H,14,16). The monoisotopic (exact) mass is 236 g/mol. The van der Waals surface area contributed by atoms with Crippen LogP contribution in [0, 0.1) is 11.3 Å². The van der Waals surface area contributed by atoms with E-state index in [0.29, 0.717) is 5.92 Å². The van der Waals surface area contributed by atoms with E-state index in [4.69, 9.17) is 0 Å². The van der Waals surface area contributed by atoms with Gasteiger partial charge in [-0.3, -0.25) is 9.59 Å². The number of hydrogen-bond donors (Lipinski definition) is 1. The molecular formula is C13H20N2O2. The average Bonchev–Trinajstić information content (AvgIpc) is 3.08. The van der Waals surface area contributed by atoms with E-state index in [-0.39, 0.29) is 29.8 Å². The molecule has 4 nitrogen and oxygen atoms in total. The number of rotatable bonds is 2. The summed E-state index contributed by atoms with van der Waals surface area (Å²) >= 11 is 0. The third-order valence-electron chi connectivity index (χ3n) is 4.65. The predicted octanol–water partition coefficient (Wildman–Crippen LogP) is 0.912. The minimum Gasteiger partial charge on any atom is -0.340 e. The number of nitrogens with zero attached hydrogens (tertiary/aromatic N) is 1. The number of hydrogen-bond acceptors (Lipinski definition) is 2. The molecule has 2 amide bonds. The summed E-state index contributed by atoms with van der Waals surface area (Å²) < 4.78 is 0. The molecule has 1 aliphatic heterocycles. The van der Waals surface area contributed by atoms with Gasteiger partial charge in [0.15, 0.2) is 0 Å². The first-order chi connectivity index (χ1) is 7.84. The maximum absolute atomic E-state index is 12.6. The molecule has 1 saturated heterocycles. The first-order valence-electron chi connectivity index (χ1n) is 6.47. The average molecular weight is 236 g/mol. The molecule has 2 saturated carbocycles. The van der Waals surface area contributed by atoms with Crippen molar-refractivity contribution in [3.8, 4) is 0 Å². The van der Waals surface area contributed by atoms with Gasteiger partial charge >= 0.3 is 0 Å². The van der Waals surface area contributed by atoms with Crippen LogP contribution in [0.1, 0.15) is 40.0 Å². The molecular weight excluding hydrogens is 216 g/mol. The van der Waals surface area contributed by atoms with Gasteiger partial charge in [-0.1, -0.05) is 13.8 Å². The van der Waals surface area contributed by atoms with Crippen LogP contribution in [0.2, 0.25) is 0 Å². The van der Waals surface area contributed by atoms with Crippen molar-refractivity contribution in [2.75, 3.05) is 6.54 Å². The number of amides is 2. The quantitative estimate of drug-likeness (QED) is 0.775. The zero-order valence-electron chi connectivity index (χ0n) is 10.7. The van der Waals surface area contributed by atoms with Crippen LogP contribution in [-0.4, -0.2) is 34.8 Å². The second-order valence-electron chi connectivity index (χ2n) is 6.67. The molecule has 0 spiro atoms. The molecule has 0 bridgehead atoms. The molecule has 3 aliphatic rings. The Bertz CT molecular complexity index is 400. The maximum atomic E-state index is 12.6. The lowest BCUT2D eigenvalue weighted by atomic mass is 9.91. The van der Waals surface area contributed by atoms with E-state index >= 15 is 0 Å². The lowest BCUT2D eigenvalue weighted by Crippen LogP contribution is -2.67. The summed E-state index contributed by atoms with van der Waals surface area (Å²) in [7, 11) is 0. The molecule has 1 heterocycles. The maximum Gasteiger partial charge on any atom is 0.249 e. The topological polar surface area (TPSA) is 49.4 Å². The van der Waals surface area contributed by atoms with Crippen LogP contribution < -0.4 is 5.32 Å². The van der Waals surface area contributed by atoms with Gasteiger partial charge in [0.05, 0.1) is 6.54 Å². The minimum atomic E-state index is -0.631. The van der Waals surface area contributed by atoms with Crippen LogP contribution in [0.25, 0.3) is 0 Å². The molecule has 94 valence electrons. The molecule has 3 rings (SSSR count). The molecule has 2 aliphatic carbocycles.